The summed E-state index contributed by atoms with van der Waals surface area (Å²) in [7, 11) is 1.82. The van der Waals surface area contributed by atoms with Crippen molar-refractivity contribution in [2.24, 2.45) is 4.99 Å². The molecule has 0 spiro atoms. The molecule has 5 nitrogen and oxygen atoms in total. The number of guanidine groups is 1. The first-order valence-electron chi connectivity index (χ1n) is 10.4. The van der Waals surface area contributed by atoms with Gasteiger partial charge in [-0.1, -0.05) is 44.2 Å². The number of nitrogens with zero attached hydrogens (tertiary/aromatic N) is 2. The van der Waals surface area contributed by atoms with Crippen LogP contribution in [0.3, 0.4) is 0 Å². The molecule has 0 amide bonds. The van der Waals surface area contributed by atoms with Crippen molar-refractivity contribution < 1.29 is 4.74 Å². The second-order valence-electron chi connectivity index (χ2n) is 8.38. The van der Waals surface area contributed by atoms with Gasteiger partial charge in [0.05, 0.1) is 12.7 Å². The summed E-state index contributed by atoms with van der Waals surface area (Å²) >= 11 is 1.80. The number of aliphatic imine (C=N–C) groups is 1. The van der Waals surface area contributed by atoms with Crippen LogP contribution in [0.25, 0.3) is 0 Å². The third kappa shape index (κ3) is 7.51. The van der Waals surface area contributed by atoms with Crippen molar-refractivity contribution in [3.05, 3.63) is 57.8 Å². The lowest BCUT2D eigenvalue weighted by Gasteiger charge is -2.31. The minimum Gasteiger partial charge on any atom is -0.376 e. The lowest BCUT2D eigenvalue weighted by Crippen LogP contribution is -2.43. The molecule has 0 radical (unpaired) electrons. The molecule has 3 rings (SSSR count). The summed E-state index contributed by atoms with van der Waals surface area (Å²) in [6, 6.07) is 13.1. The van der Waals surface area contributed by atoms with Crippen LogP contribution in [0.2, 0.25) is 0 Å². The van der Waals surface area contributed by atoms with Gasteiger partial charge in [-0.05, 0) is 29.5 Å². The molecule has 2 N–H and O–H groups in total. The highest BCUT2D eigenvalue weighted by molar-refractivity contribution is 14.0. The zero-order chi connectivity index (χ0) is 20.7. The van der Waals surface area contributed by atoms with E-state index in [1.807, 2.05) is 7.05 Å². The fourth-order valence-corrected chi connectivity index (χ4v) is 4.44. The van der Waals surface area contributed by atoms with Crippen molar-refractivity contribution in [3.63, 3.8) is 0 Å². The van der Waals surface area contributed by atoms with Gasteiger partial charge in [0.1, 0.15) is 0 Å². The second-order valence-corrected chi connectivity index (χ2v) is 9.32. The van der Waals surface area contributed by atoms with E-state index in [4.69, 9.17) is 4.74 Å². The first-order valence-corrected chi connectivity index (χ1v) is 11.2. The molecule has 1 aliphatic heterocycles. The highest BCUT2D eigenvalue weighted by Gasteiger charge is 2.22. The van der Waals surface area contributed by atoms with E-state index >= 15 is 0 Å². The molecular weight excluding hydrogens is 507 g/mol. The smallest absolute Gasteiger partial charge is 0.191 e. The van der Waals surface area contributed by atoms with Crippen molar-refractivity contribution in [1.29, 1.82) is 0 Å². The summed E-state index contributed by atoms with van der Waals surface area (Å²) in [6.07, 6.45) is 0.321. The summed E-state index contributed by atoms with van der Waals surface area (Å²) in [5.41, 5.74) is 2.69. The molecule has 2 aromatic rings. The van der Waals surface area contributed by atoms with Crippen LogP contribution < -0.4 is 10.6 Å². The maximum atomic E-state index is 5.65. The quantitative estimate of drug-likeness (QED) is 0.313. The van der Waals surface area contributed by atoms with E-state index in [0.717, 1.165) is 45.3 Å². The molecule has 7 heteroatoms. The van der Waals surface area contributed by atoms with Crippen LogP contribution in [0.1, 0.15) is 36.8 Å². The van der Waals surface area contributed by atoms with Gasteiger partial charge in [-0.25, -0.2) is 0 Å². The van der Waals surface area contributed by atoms with Gasteiger partial charge in [0.25, 0.3) is 0 Å². The number of rotatable bonds is 7. The topological polar surface area (TPSA) is 48.9 Å². The highest BCUT2D eigenvalue weighted by Crippen LogP contribution is 2.26. The third-order valence-corrected chi connectivity index (χ3v) is 6.53. The van der Waals surface area contributed by atoms with E-state index in [0.29, 0.717) is 6.10 Å². The Hall–Kier alpha value is -1.16. The van der Waals surface area contributed by atoms with E-state index in [2.05, 4.69) is 83.1 Å². The van der Waals surface area contributed by atoms with E-state index in [9.17, 15) is 0 Å². The van der Waals surface area contributed by atoms with Gasteiger partial charge in [-0.3, -0.25) is 9.89 Å². The summed E-state index contributed by atoms with van der Waals surface area (Å²) in [5, 5.41) is 9.06. The normalized spacial score (nSPS) is 18.0. The molecule has 2 heterocycles. The lowest BCUT2D eigenvalue weighted by molar-refractivity contribution is -0.0212. The van der Waals surface area contributed by atoms with Gasteiger partial charge >= 0.3 is 0 Å². The van der Waals surface area contributed by atoms with Crippen LogP contribution in [-0.2, 0) is 23.2 Å². The Morgan fingerprint density at radius 3 is 2.73 bits per heavy atom. The molecule has 1 aromatic heterocycles. The van der Waals surface area contributed by atoms with E-state index in [1.165, 1.54) is 16.0 Å². The number of thiophene rings is 1. The Labute approximate surface area is 202 Å². The first-order chi connectivity index (χ1) is 14.0. The van der Waals surface area contributed by atoms with Crippen molar-refractivity contribution in [2.45, 2.75) is 45.4 Å². The molecular formula is C23H35IN4OS. The Kier molecular flexibility index (Phi) is 10.1. The van der Waals surface area contributed by atoms with Crippen LogP contribution in [-0.4, -0.2) is 50.3 Å². The van der Waals surface area contributed by atoms with Crippen LogP contribution >= 0.6 is 35.3 Å². The highest BCUT2D eigenvalue weighted by atomic mass is 127. The van der Waals surface area contributed by atoms with Gasteiger partial charge in [0.15, 0.2) is 5.96 Å². The van der Waals surface area contributed by atoms with Gasteiger partial charge in [-0.15, -0.1) is 35.3 Å². The van der Waals surface area contributed by atoms with E-state index in [-0.39, 0.29) is 29.4 Å². The SMILES string of the molecule is CN=C(NCc1cccc(CN2CCOC(C)C2)c1)NCC(C)(C)c1cccs1.I. The molecule has 30 heavy (non-hydrogen) atoms. The molecule has 0 saturated carbocycles. The zero-order valence-corrected chi connectivity index (χ0v) is 21.6. The van der Waals surface area contributed by atoms with Gasteiger partial charge in [0, 0.05) is 50.1 Å². The Morgan fingerprint density at radius 1 is 1.23 bits per heavy atom. The minimum absolute atomic E-state index is 0. The molecule has 1 unspecified atom stereocenters. The van der Waals surface area contributed by atoms with Crippen molar-refractivity contribution in [2.75, 3.05) is 33.3 Å². The Morgan fingerprint density at radius 2 is 2.03 bits per heavy atom. The molecule has 1 aromatic carbocycles. The van der Waals surface area contributed by atoms with Crippen LogP contribution in [0, 0.1) is 0 Å². The van der Waals surface area contributed by atoms with Crippen molar-refractivity contribution in [1.82, 2.24) is 15.5 Å². The minimum atomic E-state index is 0. The molecule has 1 atom stereocenters. The number of hydrogen-bond donors (Lipinski definition) is 2. The van der Waals surface area contributed by atoms with E-state index < -0.39 is 0 Å². The summed E-state index contributed by atoms with van der Waals surface area (Å²) in [5.74, 6) is 0.835. The zero-order valence-electron chi connectivity index (χ0n) is 18.5. The van der Waals surface area contributed by atoms with Crippen LogP contribution in [0.4, 0.5) is 0 Å². The Balaban J connectivity index is 0.00000320. The predicted molar refractivity (Wildman–Crippen MR) is 138 cm³/mol. The number of benzene rings is 1. The van der Waals surface area contributed by atoms with Crippen LogP contribution in [0.5, 0.6) is 0 Å². The fourth-order valence-electron chi connectivity index (χ4n) is 3.59. The molecule has 1 saturated heterocycles. The number of nitrogens with one attached hydrogen (secondary N) is 2. The molecule has 166 valence electrons. The molecule has 1 fully saturated rings. The fraction of sp³-hybridized carbons (Fsp3) is 0.522. The molecule has 0 aliphatic carbocycles. The third-order valence-electron chi connectivity index (χ3n) is 5.29. The second kappa shape index (κ2) is 12.0. The summed E-state index contributed by atoms with van der Waals surface area (Å²) in [4.78, 5) is 8.23. The van der Waals surface area contributed by atoms with Crippen molar-refractivity contribution >= 4 is 41.3 Å². The monoisotopic (exact) mass is 542 g/mol. The van der Waals surface area contributed by atoms with Gasteiger partial charge in [0.2, 0.25) is 0 Å². The summed E-state index contributed by atoms with van der Waals surface area (Å²) in [6.45, 7) is 12.1. The number of morpholine rings is 1. The maximum Gasteiger partial charge on any atom is 0.191 e. The average Bonchev–Trinajstić information content (AvgIpc) is 3.24. The average molecular weight is 543 g/mol. The Bertz CT molecular complexity index is 794. The maximum absolute atomic E-state index is 5.65. The number of hydrogen-bond acceptors (Lipinski definition) is 4. The molecule has 1 aliphatic rings. The number of halogens is 1. The summed E-state index contributed by atoms with van der Waals surface area (Å²) < 4.78 is 5.65. The largest absolute Gasteiger partial charge is 0.376 e. The van der Waals surface area contributed by atoms with Gasteiger partial charge < -0.3 is 15.4 Å². The first kappa shape index (κ1) is 25.1. The van der Waals surface area contributed by atoms with Gasteiger partial charge in [-0.2, -0.15) is 0 Å². The predicted octanol–water partition coefficient (Wildman–Crippen LogP) is 4.23. The van der Waals surface area contributed by atoms with E-state index in [1.54, 1.807) is 11.3 Å². The standard InChI is InChI=1S/C23H34N4OS.HI/c1-18-15-27(10-11-28-18)16-20-8-5-7-19(13-20)14-25-22(24-4)26-17-23(2,3)21-9-6-12-29-21;/h5-9,12-13,18H,10-11,14-17H2,1-4H3,(H2,24,25,26);1H. The lowest BCUT2D eigenvalue weighted by atomic mass is 9.91. The van der Waals surface area contributed by atoms with Crippen molar-refractivity contribution in [3.8, 4) is 0 Å². The van der Waals surface area contributed by atoms with Crippen LogP contribution in [0.15, 0.2) is 46.8 Å². The molecule has 0 bridgehead atoms. The number of ether oxygens (including phenoxy) is 1.